The van der Waals surface area contributed by atoms with Crippen LogP contribution in [0.2, 0.25) is 0 Å². The summed E-state index contributed by atoms with van der Waals surface area (Å²) in [6.45, 7) is 31.7. The van der Waals surface area contributed by atoms with Crippen LogP contribution in [-0.2, 0) is 24.9 Å². The molecule has 0 aliphatic heterocycles. The maximum Gasteiger partial charge on any atom is 0.250 e. The number of aryl methyl sites for hydroxylation is 3. The van der Waals surface area contributed by atoms with Gasteiger partial charge in [0.1, 0.15) is 5.75 Å². The van der Waals surface area contributed by atoms with Gasteiger partial charge in [-0.05, 0) is 112 Å². The molecule has 358 valence electrons. The number of pyridine rings is 2. The summed E-state index contributed by atoms with van der Waals surface area (Å²) >= 11 is 0. The van der Waals surface area contributed by atoms with E-state index in [-0.39, 0.29) is 21.9 Å². The molecule has 0 atom stereocenters. The van der Waals surface area contributed by atoms with Gasteiger partial charge in [0.2, 0.25) is 5.56 Å². The van der Waals surface area contributed by atoms with Gasteiger partial charge in [-0.15, -0.1) is 0 Å². The first-order valence-corrected chi connectivity index (χ1v) is 22.9. The van der Waals surface area contributed by atoms with Crippen LogP contribution < -0.4 is 15.9 Å². The number of aromatic nitrogens is 10. The molecule has 6 aromatic rings. The van der Waals surface area contributed by atoms with Crippen molar-refractivity contribution in [1.29, 1.82) is 0 Å². The van der Waals surface area contributed by atoms with Crippen molar-refractivity contribution >= 4 is 0 Å². The average Bonchev–Trinajstić information content (AvgIpc) is 4.13. The Kier molecular flexibility index (Phi) is 22.8. The topological polar surface area (TPSA) is 156 Å². The van der Waals surface area contributed by atoms with Crippen LogP contribution in [-0.4, -0.2) is 57.0 Å². The summed E-state index contributed by atoms with van der Waals surface area (Å²) in [4.78, 5) is 22.3. The molecular weight excluding hydrogens is 825 g/mol. The van der Waals surface area contributed by atoms with Gasteiger partial charge in [-0.2, -0.15) is 40.8 Å². The minimum absolute atomic E-state index is 0.0444. The van der Waals surface area contributed by atoms with Gasteiger partial charge in [-0.25, -0.2) is 0 Å². The van der Waals surface area contributed by atoms with Crippen LogP contribution in [0.15, 0.2) is 101 Å². The molecule has 6 heterocycles. The fourth-order valence-electron chi connectivity index (χ4n) is 5.58. The second kappa shape index (κ2) is 26.9. The Bertz CT molecular complexity index is 2430. The number of hydrogen-bond acceptors (Lipinski definition) is 11. The summed E-state index contributed by atoms with van der Waals surface area (Å²) < 4.78 is 8.19. The van der Waals surface area contributed by atoms with E-state index in [1.54, 1.807) is 61.1 Å². The first-order valence-electron chi connectivity index (χ1n) is 22.9. The molecule has 0 radical (unpaired) electrons. The molecule has 0 aromatic carbocycles. The Morgan fingerprint density at radius 2 is 1.14 bits per heavy atom. The number of ether oxygens (including phenoxy) is 1. The molecule has 0 N–H and O–H groups in total. The molecule has 13 nitrogen and oxygen atoms in total. The van der Waals surface area contributed by atoms with E-state index < -0.39 is 0 Å². The highest BCUT2D eigenvalue weighted by Crippen LogP contribution is 2.40. The maximum atomic E-state index is 11.2. The number of hydrogen-bond donors (Lipinski definition) is 0. The molecule has 66 heavy (non-hydrogen) atoms. The van der Waals surface area contributed by atoms with Crippen LogP contribution in [0.4, 0.5) is 0 Å². The summed E-state index contributed by atoms with van der Waals surface area (Å²) in [5, 5.41) is 31.0. The molecule has 1 fully saturated rings. The second-order valence-electron chi connectivity index (χ2n) is 19.9. The van der Waals surface area contributed by atoms with Crippen molar-refractivity contribution in [2.45, 2.75) is 157 Å². The molecule has 13 heteroatoms. The predicted molar refractivity (Wildman–Crippen MR) is 269 cm³/mol. The van der Waals surface area contributed by atoms with E-state index in [9.17, 15) is 9.59 Å². The third-order valence-corrected chi connectivity index (χ3v) is 10.5. The highest BCUT2D eigenvalue weighted by molar-refractivity contribution is 5.24. The number of methoxy groups -OCH3 is 1. The standard InChI is InChI=1S/C10H14N2.2C10H15NO.C8H12N2O.C8H12N2.C7H10N2/c1-7(2)10-5-9(6-11-12-10)8-3-4-8;1-10(2,3)8-5-6-11(4)9(12)7-8;1-10(2,3)8-5-6-9(12)11(4)7-8;1-6(2)8-4-7(11-3)5-9-10-8;1-6(2)8-4-7(3)10-9-5-8;1-6(2)7-3-4-8-9-5-7/h5-8H,3-4H2,1-2H3;2*5-7H,1-4H3;4-6H,1-3H3;4-6H,1-3H3;3-6H,1-2H3. The van der Waals surface area contributed by atoms with Gasteiger partial charge in [0.25, 0.3) is 5.56 Å². The van der Waals surface area contributed by atoms with Gasteiger partial charge < -0.3 is 13.9 Å². The Balaban J connectivity index is 0.000000273. The van der Waals surface area contributed by atoms with Crippen LogP contribution in [0.5, 0.6) is 5.75 Å². The van der Waals surface area contributed by atoms with E-state index in [1.165, 1.54) is 35.1 Å². The summed E-state index contributed by atoms with van der Waals surface area (Å²) in [5.41, 5.74) is 9.51. The van der Waals surface area contributed by atoms with E-state index in [0.29, 0.717) is 23.7 Å². The van der Waals surface area contributed by atoms with E-state index in [1.807, 2.05) is 56.0 Å². The molecule has 1 aliphatic carbocycles. The Morgan fingerprint density at radius 3 is 1.58 bits per heavy atom. The van der Waals surface area contributed by atoms with Crippen molar-refractivity contribution in [2.24, 2.45) is 14.1 Å². The third kappa shape index (κ3) is 20.9. The number of nitrogens with zero attached hydrogens (tertiary/aromatic N) is 10. The fraction of sp³-hybridized carbons (Fsp3) is 0.509. The van der Waals surface area contributed by atoms with E-state index in [2.05, 4.69) is 150 Å². The van der Waals surface area contributed by atoms with Crippen molar-refractivity contribution in [3.8, 4) is 5.75 Å². The Morgan fingerprint density at radius 1 is 0.576 bits per heavy atom. The SMILES string of the molecule is CC(C)c1cc(C2CC2)cnn1.CC(C)c1ccnnc1.COc1cnnc(C(C)C)c1.Cc1cc(C(C)C)cnn1.Cn1cc(C(C)(C)C)ccc1=O.Cn1ccc(C(C)(C)C)cc1=O. The van der Waals surface area contributed by atoms with Crippen molar-refractivity contribution in [3.63, 3.8) is 0 Å². The molecule has 0 spiro atoms. The van der Waals surface area contributed by atoms with Crippen molar-refractivity contribution in [2.75, 3.05) is 7.11 Å². The highest BCUT2D eigenvalue weighted by atomic mass is 16.5. The minimum Gasteiger partial charge on any atom is -0.495 e. The lowest BCUT2D eigenvalue weighted by molar-refractivity contribution is 0.410. The zero-order valence-corrected chi connectivity index (χ0v) is 43.2. The van der Waals surface area contributed by atoms with Crippen LogP contribution in [0.1, 0.15) is 184 Å². The lowest BCUT2D eigenvalue weighted by Crippen LogP contribution is -2.20. The Labute approximate surface area is 395 Å². The van der Waals surface area contributed by atoms with Gasteiger partial charge in [-0.3, -0.25) is 9.59 Å². The highest BCUT2D eigenvalue weighted by Gasteiger charge is 2.24. The lowest BCUT2D eigenvalue weighted by Gasteiger charge is -2.19. The first-order chi connectivity index (χ1) is 30.8. The molecular formula is C53H78N10O3. The van der Waals surface area contributed by atoms with E-state index in [4.69, 9.17) is 4.74 Å². The minimum atomic E-state index is 0.0444. The van der Waals surface area contributed by atoms with Crippen molar-refractivity contribution in [1.82, 2.24) is 49.9 Å². The molecule has 0 amide bonds. The molecule has 6 aromatic heterocycles. The molecule has 1 saturated carbocycles. The summed E-state index contributed by atoms with van der Waals surface area (Å²) in [5.74, 6) is 3.56. The lowest BCUT2D eigenvalue weighted by atomic mass is 9.88. The van der Waals surface area contributed by atoms with Gasteiger partial charge in [-0.1, -0.05) is 103 Å². The van der Waals surface area contributed by atoms with Crippen molar-refractivity contribution in [3.05, 3.63) is 158 Å². The maximum absolute atomic E-state index is 11.2. The summed E-state index contributed by atoms with van der Waals surface area (Å²) in [6.07, 6.45) is 15.2. The summed E-state index contributed by atoms with van der Waals surface area (Å²) in [7, 11) is 5.16. The summed E-state index contributed by atoms with van der Waals surface area (Å²) in [6, 6.07) is 15.3. The van der Waals surface area contributed by atoms with Gasteiger partial charge in [0.15, 0.2) is 0 Å². The van der Waals surface area contributed by atoms with Gasteiger partial charge in [0, 0.05) is 50.9 Å². The smallest absolute Gasteiger partial charge is 0.250 e. The zero-order chi connectivity index (χ0) is 49.8. The molecule has 0 unspecified atom stereocenters. The molecule has 0 saturated heterocycles. The number of rotatable bonds is 6. The molecule has 0 bridgehead atoms. The van der Waals surface area contributed by atoms with Crippen molar-refractivity contribution < 1.29 is 4.74 Å². The quantitative estimate of drug-likeness (QED) is 0.157. The average molecular weight is 903 g/mol. The molecule has 7 rings (SSSR count). The fourth-order valence-corrected chi connectivity index (χ4v) is 5.58. The monoisotopic (exact) mass is 903 g/mol. The van der Waals surface area contributed by atoms with Gasteiger partial charge in [0.05, 0.1) is 49.0 Å². The normalized spacial score (nSPS) is 12.0. The Hall–Kier alpha value is -5.98. The molecule has 1 aliphatic rings. The van der Waals surface area contributed by atoms with Crippen LogP contribution in [0.3, 0.4) is 0 Å². The first kappa shape index (κ1) is 56.2. The van der Waals surface area contributed by atoms with Crippen LogP contribution in [0, 0.1) is 6.92 Å². The zero-order valence-electron chi connectivity index (χ0n) is 43.2. The second-order valence-corrected chi connectivity index (χ2v) is 19.9. The van der Waals surface area contributed by atoms with Gasteiger partial charge >= 0.3 is 0 Å². The largest absolute Gasteiger partial charge is 0.495 e. The van der Waals surface area contributed by atoms with E-state index >= 15 is 0 Å². The predicted octanol–water partition coefficient (Wildman–Crippen LogP) is 11.0. The van der Waals surface area contributed by atoms with E-state index in [0.717, 1.165) is 34.3 Å². The van der Waals surface area contributed by atoms with Crippen LogP contribution in [0.25, 0.3) is 0 Å². The van der Waals surface area contributed by atoms with Crippen LogP contribution >= 0.6 is 0 Å². The third-order valence-electron chi connectivity index (χ3n) is 10.5.